The molecule has 4 nitrogen and oxygen atoms in total. The molecule has 0 spiro atoms. The van der Waals surface area contributed by atoms with Gasteiger partial charge in [-0.05, 0) is 30.1 Å². The molecule has 2 rings (SSSR count). The van der Waals surface area contributed by atoms with E-state index in [1.54, 1.807) is 0 Å². The van der Waals surface area contributed by atoms with Gasteiger partial charge in [0.1, 0.15) is 0 Å². The van der Waals surface area contributed by atoms with Crippen molar-refractivity contribution in [3.63, 3.8) is 0 Å². The van der Waals surface area contributed by atoms with Gasteiger partial charge in [-0.2, -0.15) is 0 Å². The molecule has 0 bridgehead atoms. The van der Waals surface area contributed by atoms with Gasteiger partial charge < -0.3 is 10.5 Å². The largest absolute Gasteiger partial charge is 0.379 e. The maximum atomic E-state index is 6.18. The second-order valence-corrected chi connectivity index (χ2v) is 8.05. The summed E-state index contributed by atoms with van der Waals surface area (Å²) in [5.41, 5.74) is 10.7. The molecule has 0 atom stereocenters. The lowest BCUT2D eigenvalue weighted by molar-refractivity contribution is -0.0517. The van der Waals surface area contributed by atoms with Crippen LogP contribution >= 0.6 is 0 Å². The van der Waals surface area contributed by atoms with E-state index in [-0.39, 0.29) is 5.54 Å². The highest BCUT2D eigenvalue weighted by Crippen LogP contribution is 2.49. The molecule has 4 heteroatoms. The lowest BCUT2D eigenvalue weighted by Crippen LogP contribution is -2.65. The monoisotopic (exact) mass is 269 g/mol. The van der Waals surface area contributed by atoms with Gasteiger partial charge in [0.05, 0.1) is 13.2 Å². The number of nitrogens with one attached hydrogen (secondary N) is 1. The third-order valence-corrected chi connectivity index (χ3v) is 4.39. The second-order valence-electron chi connectivity index (χ2n) is 8.05. The summed E-state index contributed by atoms with van der Waals surface area (Å²) in [5.74, 6) is 0. The third-order valence-electron chi connectivity index (χ3n) is 4.39. The summed E-state index contributed by atoms with van der Waals surface area (Å²) in [6.45, 7) is 13.8. The van der Waals surface area contributed by atoms with Crippen molar-refractivity contribution in [1.82, 2.24) is 10.4 Å². The summed E-state index contributed by atoms with van der Waals surface area (Å²) in [7, 11) is 0. The van der Waals surface area contributed by atoms with E-state index in [1.165, 1.54) is 6.42 Å². The zero-order valence-corrected chi connectivity index (χ0v) is 13.1. The van der Waals surface area contributed by atoms with Crippen molar-refractivity contribution in [2.45, 2.75) is 52.5 Å². The van der Waals surface area contributed by atoms with E-state index in [4.69, 9.17) is 10.5 Å². The lowest BCUT2D eigenvalue weighted by atomic mass is 9.58. The molecule has 0 aromatic carbocycles. The van der Waals surface area contributed by atoms with E-state index in [9.17, 15) is 0 Å². The van der Waals surface area contributed by atoms with Crippen molar-refractivity contribution in [3.8, 4) is 0 Å². The minimum Gasteiger partial charge on any atom is -0.379 e. The molecule has 1 aliphatic carbocycles. The lowest BCUT2D eigenvalue weighted by Gasteiger charge is -2.53. The van der Waals surface area contributed by atoms with Crippen LogP contribution in [0.4, 0.5) is 0 Å². The fourth-order valence-corrected chi connectivity index (χ4v) is 4.59. The van der Waals surface area contributed by atoms with Crippen LogP contribution < -0.4 is 11.2 Å². The number of ether oxygens (including phenoxy) is 1. The minimum absolute atomic E-state index is 0.0442. The molecule has 19 heavy (non-hydrogen) atoms. The highest BCUT2D eigenvalue weighted by atomic mass is 16.5. The van der Waals surface area contributed by atoms with Crippen LogP contribution in [0.3, 0.4) is 0 Å². The van der Waals surface area contributed by atoms with Crippen LogP contribution in [0.2, 0.25) is 0 Å². The average Bonchev–Trinajstić information content (AvgIpc) is 2.26. The zero-order valence-electron chi connectivity index (χ0n) is 13.1. The SMILES string of the molecule is CC1(C)CC(C)(C)CC(CN)(NN2CCOCC2)C1. The maximum Gasteiger partial charge on any atom is 0.0608 e. The molecular weight excluding hydrogens is 238 g/mol. The molecule has 0 aromatic rings. The Bertz CT molecular complexity index is 293. The maximum absolute atomic E-state index is 6.18. The van der Waals surface area contributed by atoms with Gasteiger partial charge in [0.25, 0.3) is 0 Å². The van der Waals surface area contributed by atoms with E-state index in [2.05, 4.69) is 38.1 Å². The average molecular weight is 269 g/mol. The predicted octanol–water partition coefficient (Wildman–Crippen LogP) is 1.76. The molecule has 0 radical (unpaired) electrons. The number of morpholine rings is 1. The number of hydrogen-bond donors (Lipinski definition) is 2. The third kappa shape index (κ3) is 3.91. The van der Waals surface area contributed by atoms with Crippen LogP contribution in [0.25, 0.3) is 0 Å². The van der Waals surface area contributed by atoms with Crippen molar-refractivity contribution in [3.05, 3.63) is 0 Å². The van der Waals surface area contributed by atoms with E-state index in [0.717, 1.165) is 39.1 Å². The molecule has 1 saturated carbocycles. The molecular formula is C15H31N3O. The predicted molar refractivity (Wildman–Crippen MR) is 78.7 cm³/mol. The Hall–Kier alpha value is -0.160. The van der Waals surface area contributed by atoms with Crippen LogP contribution in [0.15, 0.2) is 0 Å². The van der Waals surface area contributed by atoms with Crippen molar-refractivity contribution in [2.75, 3.05) is 32.8 Å². The molecule has 1 aliphatic heterocycles. The Morgan fingerprint density at radius 3 is 2.00 bits per heavy atom. The van der Waals surface area contributed by atoms with Crippen molar-refractivity contribution in [2.24, 2.45) is 16.6 Å². The first-order valence-electron chi connectivity index (χ1n) is 7.57. The Balaban J connectivity index is 2.11. The van der Waals surface area contributed by atoms with Crippen molar-refractivity contribution in [1.29, 1.82) is 0 Å². The number of nitrogens with two attached hydrogens (primary N) is 1. The van der Waals surface area contributed by atoms with Gasteiger partial charge in [-0.1, -0.05) is 27.7 Å². The molecule has 3 N–H and O–H groups in total. The first-order chi connectivity index (χ1) is 8.76. The van der Waals surface area contributed by atoms with Gasteiger partial charge in [-0.3, -0.25) is 0 Å². The normalized spacial score (nSPS) is 30.2. The highest BCUT2D eigenvalue weighted by molar-refractivity contribution is 5.02. The summed E-state index contributed by atoms with van der Waals surface area (Å²) in [6.07, 6.45) is 3.57. The fourth-order valence-electron chi connectivity index (χ4n) is 4.59. The van der Waals surface area contributed by atoms with Crippen molar-refractivity contribution < 1.29 is 4.74 Å². The molecule has 112 valence electrons. The second kappa shape index (κ2) is 5.32. The molecule has 2 fully saturated rings. The Morgan fingerprint density at radius 2 is 1.53 bits per heavy atom. The molecule has 0 aromatic heterocycles. The zero-order chi connectivity index (χ0) is 14.1. The van der Waals surface area contributed by atoms with Crippen LogP contribution in [0.5, 0.6) is 0 Å². The summed E-state index contributed by atoms with van der Waals surface area (Å²) < 4.78 is 5.42. The van der Waals surface area contributed by atoms with Crippen LogP contribution in [-0.4, -0.2) is 43.4 Å². The Morgan fingerprint density at radius 1 is 1.00 bits per heavy atom. The first-order valence-corrected chi connectivity index (χ1v) is 7.57. The molecule has 1 heterocycles. The van der Waals surface area contributed by atoms with Crippen LogP contribution in [-0.2, 0) is 4.74 Å². The van der Waals surface area contributed by atoms with E-state index in [1.807, 2.05) is 0 Å². The fraction of sp³-hybridized carbons (Fsp3) is 1.00. The highest BCUT2D eigenvalue weighted by Gasteiger charge is 2.47. The summed E-state index contributed by atoms with van der Waals surface area (Å²) in [4.78, 5) is 0. The Kier molecular flexibility index (Phi) is 4.26. The van der Waals surface area contributed by atoms with E-state index >= 15 is 0 Å². The van der Waals surface area contributed by atoms with Crippen LogP contribution in [0.1, 0.15) is 47.0 Å². The van der Waals surface area contributed by atoms with Gasteiger partial charge in [-0.15, -0.1) is 0 Å². The minimum atomic E-state index is 0.0442. The topological polar surface area (TPSA) is 50.5 Å². The first kappa shape index (κ1) is 15.2. The number of hydrazine groups is 1. The summed E-state index contributed by atoms with van der Waals surface area (Å²) in [5, 5.41) is 2.31. The quantitative estimate of drug-likeness (QED) is 0.820. The van der Waals surface area contributed by atoms with Gasteiger partial charge >= 0.3 is 0 Å². The van der Waals surface area contributed by atoms with Gasteiger partial charge in [0, 0.05) is 25.2 Å². The van der Waals surface area contributed by atoms with Crippen molar-refractivity contribution >= 4 is 0 Å². The number of hydrogen-bond acceptors (Lipinski definition) is 4. The van der Waals surface area contributed by atoms with E-state index < -0.39 is 0 Å². The van der Waals surface area contributed by atoms with E-state index in [0.29, 0.717) is 17.4 Å². The number of rotatable bonds is 3. The van der Waals surface area contributed by atoms with Gasteiger partial charge in [0.2, 0.25) is 0 Å². The van der Waals surface area contributed by atoms with Gasteiger partial charge in [0.15, 0.2) is 0 Å². The molecule has 0 unspecified atom stereocenters. The molecule has 1 saturated heterocycles. The smallest absolute Gasteiger partial charge is 0.0608 e. The van der Waals surface area contributed by atoms with Gasteiger partial charge in [-0.25, -0.2) is 10.4 Å². The summed E-state index contributed by atoms with van der Waals surface area (Å²) in [6, 6.07) is 0. The Labute approximate surface area is 118 Å². The summed E-state index contributed by atoms with van der Waals surface area (Å²) >= 11 is 0. The number of nitrogens with zero attached hydrogens (tertiary/aromatic N) is 1. The standard InChI is InChI=1S/C15H31N3O/c1-13(2)9-14(3,4)11-15(10-13,12-16)17-18-5-7-19-8-6-18/h17H,5-12,16H2,1-4H3. The van der Waals surface area contributed by atoms with Crippen LogP contribution in [0, 0.1) is 10.8 Å². The molecule has 2 aliphatic rings. The molecule has 0 amide bonds.